The van der Waals surface area contributed by atoms with E-state index < -0.39 is 0 Å². The fraction of sp³-hybridized carbons (Fsp3) is 0.320. The zero-order chi connectivity index (χ0) is 20.8. The molecule has 0 spiro atoms. The van der Waals surface area contributed by atoms with Crippen LogP contribution in [-0.2, 0) is 0 Å². The first-order valence-corrected chi connectivity index (χ1v) is 10.2. The molecule has 0 amide bonds. The van der Waals surface area contributed by atoms with Crippen LogP contribution in [0.3, 0.4) is 0 Å². The third-order valence-electron chi connectivity index (χ3n) is 5.13. The predicted octanol–water partition coefficient (Wildman–Crippen LogP) is 5.56. The van der Waals surface area contributed by atoms with Crippen molar-refractivity contribution in [3.05, 3.63) is 71.9 Å². The lowest BCUT2D eigenvalue weighted by Crippen LogP contribution is -2.39. The van der Waals surface area contributed by atoms with Crippen LogP contribution >= 0.6 is 0 Å². The number of carbonyl (C=O) groups is 1. The largest absolute Gasteiger partial charge is 0.491 e. The molecule has 0 unspecified atom stereocenters. The number of para-hydroxylation sites is 1. The van der Waals surface area contributed by atoms with E-state index in [4.69, 9.17) is 4.74 Å². The number of ether oxygens (including phenoxy) is 1. The molecular weight excluding hydrogens is 360 g/mol. The fourth-order valence-electron chi connectivity index (χ4n) is 3.68. The van der Waals surface area contributed by atoms with Gasteiger partial charge in [-0.3, -0.25) is 9.69 Å². The van der Waals surface area contributed by atoms with Gasteiger partial charge in [0.25, 0.3) is 0 Å². The zero-order valence-corrected chi connectivity index (χ0v) is 17.7. The van der Waals surface area contributed by atoms with Gasteiger partial charge in [-0.1, -0.05) is 30.3 Å². The lowest BCUT2D eigenvalue weighted by Gasteiger charge is -2.30. The van der Waals surface area contributed by atoms with Crippen LogP contribution in [0, 0.1) is 0 Å². The number of benzene rings is 2. The van der Waals surface area contributed by atoms with Crippen molar-refractivity contribution in [2.24, 2.45) is 0 Å². The zero-order valence-electron chi connectivity index (χ0n) is 17.7. The number of allylic oxidation sites excluding steroid dienone is 1. The SMILES string of the molecule is CC(C)N(CCOc1ccccc1C(=O)/C=C/c1cccc2[nH]ccc12)C(C)C. The number of carbonyl (C=O) groups excluding carboxylic acids is 1. The van der Waals surface area contributed by atoms with Crippen molar-refractivity contribution in [1.82, 2.24) is 9.88 Å². The van der Waals surface area contributed by atoms with Gasteiger partial charge in [0.1, 0.15) is 12.4 Å². The van der Waals surface area contributed by atoms with Crippen molar-refractivity contribution in [3.63, 3.8) is 0 Å². The van der Waals surface area contributed by atoms with E-state index in [-0.39, 0.29) is 5.78 Å². The van der Waals surface area contributed by atoms with E-state index in [0.717, 1.165) is 23.0 Å². The maximum Gasteiger partial charge on any atom is 0.189 e. The van der Waals surface area contributed by atoms with Gasteiger partial charge in [0.2, 0.25) is 0 Å². The van der Waals surface area contributed by atoms with Gasteiger partial charge in [-0.05, 0) is 63.6 Å². The van der Waals surface area contributed by atoms with E-state index >= 15 is 0 Å². The number of nitrogens with zero attached hydrogens (tertiary/aromatic N) is 1. The first kappa shape index (κ1) is 20.9. The van der Waals surface area contributed by atoms with Gasteiger partial charge in [0.15, 0.2) is 5.78 Å². The van der Waals surface area contributed by atoms with Crippen molar-refractivity contribution in [3.8, 4) is 5.75 Å². The lowest BCUT2D eigenvalue weighted by molar-refractivity contribution is 0.104. The lowest BCUT2D eigenvalue weighted by atomic mass is 10.1. The number of fused-ring (bicyclic) bond motifs is 1. The Labute approximate surface area is 173 Å². The third-order valence-corrected chi connectivity index (χ3v) is 5.13. The summed E-state index contributed by atoms with van der Waals surface area (Å²) in [6.45, 7) is 10.1. The van der Waals surface area contributed by atoms with E-state index in [1.165, 1.54) is 0 Å². The van der Waals surface area contributed by atoms with Crippen molar-refractivity contribution in [1.29, 1.82) is 0 Å². The molecule has 0 aliphatic rings. The summed E-state index contributed by atoms with van der Waals surface area (Å²) < 4.78 is 6.00. The molecule has 0 aliphatic carbocycles. The summed E-state index contributed by atoms with van der Waals surface area (Å²) >= 11 is 0. The van der Waals surface area contributed by atoms with Gasteiger partial charge in [0.05, 0.1) is 5.56 Å². The van der Waals surface area contributed by atoms with Gasteiger partial charge in [-0.2, -0.15) is 0 Å². The molecule has 1 N–H and O–H groups in total. The molecule has 1 aromatic heterocycles. The van der Waals surface area contributed by atoms with Crippen molar-refractivity contribution >= 4 is 22.8 Å². The minimum atomic E-state index is -0.0577. The number of nitrogens with one attached hydrogen (secondary N) is 1. The average Bonchev–Trinajstić information content (AvgIpc) is 3.18. The Kier molecular flexibility index (Phi) is 6.89. The van der Waals surface area contributed by atoms with Gasteiger partial charge in [-0.25, -0.2) is 0 Å². The molecule has 0 atom stereocenters. The summed E-state index contributed by atoms with van der Waals surface area (Å²) in [5.41, 5.74) is 2.66. The van der Waals surface area contributed by atoms with Crippen LogP contribution in [0.5, 0.6) is 5.75 Å². The Bertz CT molecular complexity index is 977. The number of aromatic amines is 1. The quantitative estimate of drug-likeness (QED) is 0.384. The van der Waals surface area contributed by atoms with Crippen LogP contribution in [0.15, 0.2) is 60.8 Å². The van der Waals surface area contributed by atoms with E-state index in [1.807, 2.05) is 60.8 Å². The van der Waals surface area contributed by atoms with E-state index in [9.17, 15) is 4.79 Å². The molecule has 0 radical (unpaired) electrons. The third kappa shape index (κ3) is 5.15. The predicted molar refractivity (Wildman–Crippen MR) is 121 cm³/mol. The Hall–Kier alpha value is -2.85. The molecule has 0 bridgehead atoms. The normalized spacial score (nSPS) is 12.0. The van der Waals surface area contributed by atoms with Crippen LogP contribution < -0.4 is 4.74 Å². The molecule has 3 aromatic rings. The minimum Gasteiger partial charge on any atom is -0.491 e. The number of ketones is 1. The molecule has 3 rings (SSSR count). The van der Waals surface area contributed by atoms with Gasteiger partial charge < -0.3 is 9.72 Å². The van der Waals surface area contributed by atoms with E-state index in [1.54, 1.807) is 6.08 Å². The van der Waals surface area contributed by atoms with Gasteiger partial charge >= 0.3 is 0 Å². The number of hydrogen-bond donors (Lipinski definition) is 1. The minimum absolute atomic E-state index is 0.0577. The number of hydrogen-bond acceptors (Lipinski definition) is 3. The maximum absolute atomic E-state index is 12.8. The highest BCUT2D eigenvalue weighted by Gasteiger charge is 2.14. The molecule has 0 saturated carbocycles. The molecular formula is C25H30N2O2. The summed E-state index contributed by atoms with van der Waals surface area (Å²) in [6, 6.07) is 16.4. The summed E-state index contributed by atoms with van der Waals surface area (Å²) in [4.78, 5) is 18.4. The Morgan fingerprint density at radius 3 is 2.55 bits per heavy atom. The number of H-pyrrole nitrogens is 1. The molecule has 1 heterocycles. The maximum atomic E-state index is 12.8. The monoisotopic (exact) mass is 390 g/mol. The molecule has 0 saturated heterocycles. The average molecular weight is 391 g/mol. The van der Waals surface area contributed by atoms with Crippen LogP contribution in [0.1, 0.15) is 43.6 Å². The van der Waals surface area contributed by atoms with Gasteiger partial charge in [-0.15, -0.1) is 0 Å². The molecule has 4 heteroatoms. The van der Waals surface area contributed by atoms with Crippen molar-refractivity contribution in [2.45, 2.75) is 39.8 Å². The Morgan fingerprint density at radius 1 is 1.03 bits per heavy atom. The summed E-state index contributed by atoms with van der Waals surface area (Å²) in [7, 11) is 0. The standard InChI is InChI=1S/C25H30N2O2/c1-18(2)27(19(3)4)16-17-29-25-11-6-5-9-22(25)24(28)13-12-20-8-7-10-23-21(20)14-15-26-23/h5-15,18-19,26H,16-17H2,1-4H3/b13-12+. The molecule has 2 aromatic carbocycles. The van der Waals surface area contributed by atoms with E-state index in [2.05, 4.69) is 37.6 Å². The van der Waals surface area contributed by atoms with Crippen LogP contribution in [0.25, 0.3) is 17.0 Å². The van der Waals surface area contributed by atoms with Crippen LogP contribution in [0.2, 0.25) is 0 Å². The summed E-state index contributed by atoms with van der Waals surface area (Å²) in [5, 5.41) is 1.10. The topological polar surface area (TPSA) is 45.3 Å². The first-order valence-electron chi connectivity index (χ1n) is 10.2. The second kappa shape index (κ2) is 9.57. The van der Waals surface area contributed by atoms with Crippen molar-refractivity contribution in [2.75, 3.05) is 13.2 Å². The summed E-state index contributed by atoms with van der Waals surface area (Å²) in [5.74, 6) is 0.576. The summed E-state index contributed by atoms with van der Waals surface area (Å²) in [6.07, 6.45) is 5.40. The van der Waals surface area contributed by atoms with Gasteiger partial charge in [0, 0.05) is 35.7 Å². The van der Waals surface area contributed by atoms with Crippen LogP contribution in [0.4, 0.5) is 0 Å². The smallest absolute Gasteiger partial charge is 0.189 e. The van der Waals surface area contributed by atoms with Crippen molar-refractivity contribution < 1.29 is 9.53 Å². The second-order valence-electron chi connectivity index (χ2n) is 7.75. The Morgan fingerprint density at radius 2 is 1.79 bits per heavy atom. The van der Waals surface area contributed by atoms with E-state index in [0.29, 0.717) is 30.0 Å². The molecule has 0 fully saturated rings. The molecule has 4 nitrogen and oxygen atoms in total. The highest BCUT2D eigenvalue weighted by atomic mass is 16.5. The molecule has 29 heavy (non-hydrogen) atoms. The van der Waals surface area contributed by atoms with Crippen LogP contribution in [-0.4, -0.2) is 40.9 Å². The molecule has 152 valence electrons. The first-order chi connectivity index (χ1) is 14.0. The molecule has 0 aliphatic heterocycles. The second-order valence-corrected chi connectivity index (χ2v) is 7.75. The number of aromatic nitrogens is 1. The Balaban J connectivity index is 1.71. The number of rotatable bonds is 9. The highest BCUT2D eigenvalue weighted by molar-refractivity contribution is 6.09. The highest BCUT2D eigenvalue weighted by Crippen LogP contribution is 2.22. The fourth-order valence-corrected chi connectivity index (χ4v) is 3.68.